The molecule has 1 unspecified atom stereocenters. The maximum atomic E-state index is 11.7. The molecule has 0 amide bonds. The summed E-state index contributed by atoms with van der Waals surface area (Å²) >= 11 is 0. The number of carboxylic acid groups (broad SMARTS) is 1. The van der Waals surface area contributed by atoms with Crippen molar-refractivity contribution in [2.45, 2.75) is 38.7 Å². The molecule has 0 spiro atoms. The first-order chi connectivity index (χ1) is 7.28. The molecule has 0 saturated carbocycles. The van der Waals surface area contributed by atoms with E-state index in [1.165, 1.54) is 0 Å². The van der Waals surface area contributed by atoms with Crippen molar-refractivity contribution in [1.82, 2.24) is 0 Å². The number of aliphatic carboxylic acids is 1. The van der Waals surface area contributed by atoms with Gasteiger partial charge >= 0.3 is 5.97 Å². The summed E-state index contributed by atoms with van der Waals surface area (Å²) in [5, 5.41) is 18.8. The van der Waals surface area contributed by atoms with E-state index in [0.29, 0.717) is 0 Å². The quantitative estimate of drug-likeness (QED) is 0.691. The van der Waals surface area contributed by atoms with Gasteiger partial charge in [0.15, 0.2) is 5.78 Å². The van der Waals surface area contributed by atoms with Gasteiger partial charge in [0.2, 0.25) is 0 Å². The van der Waals surface area contributed by atoms with Crippen molar-refractivity contribution in [3.8, 4) is 0 Å². The molecule has 1 heterocycles. The minimum atomic E-state index is -1.46. The standard InChI is InChI=1S/C11H18O5/c1-10(2,15)4-5-11(9(13)14)7-16-6-3-8(11)12/h15H,3-7H2,1-2H3,(H,13,14). The molecule has 2 N–H and O–H groups in total. The van der Waals surface area contributed by atoms with Gasteiger partial charge in [0.05, 0.1) is 18.8 Å². The minimum absolute atomic E-state index is 0.0861. The van der Waals surface area contributed by atoms with Gasteiger partial charge in [0.1, 0.15) is 5.41 Å². The monoisotopic (exact) mass is 230 g/mol. The van der Waals surface area contributed by atoms with Crippen LogP contribution >= 0.6 is 0 Å². The third kappa shape index (κ3) is 2.80. The van der Waals surface area contributed by atoms with Crippen LogP contribution in [0.15, 0.2) is 0 Å². The second-order valence-electron chi connectivity index (χ2n) is 4.93. The van der Waals surface area contributed by atoms with E-state index in [2.05, 4.69) is 0 Å². The van der Waals surface area contributed by atoms with Gasteiger partial charge in [-0.05, 0) is 26.7 Å². The van der Waals surface area contributed by atoms with E-state index in [4.69, 9.17) is 4.74 Å². The molecule has 0 aromatic carbocycles. The molecule has 1 aliphatic heterocycles. The Bertz CT molecular complexity index is 291. The molecular formula is C11H18O5. The fraction of sp³-hybridized carbons (Fsp3) is 0.818. The highest BCUT2D eigenvalue weighted by molar-refractivity contribution is 6.03. The van der Waals surface area contributed by atoms with E-state index in [9.17, 15) is 19.8 Å². The molecule has 1 atom stereocenters. The van der Waals surface area contributed by atoms with Gasteiger partial charge in [0.25, 0.3) is 0 Å². The van der Waals surface area contributed by atoms with E-state index < -0.39 is 17.0 Å². The van der Waals surface area contributed by atoms with E-state index >= 15 is 0 Å². The van der Waals surface area contributed by atoms with Gasteiger partial charge in [-0.1, -0.05) is 0 Å². The van der Waals surface area contributed by atoms with Gasteiger partial charge < -0.3 is 14.9 Å². The van der Waals surface area contributed by atoms with Gasteiger partial charge in [-0.2, -0.15) is 0 Å². The van der Waals surface area contributed by atoms with E-state index in [1.807, 2.05) is 0 Å². The Kier molecular flexibility index (Phi) is 3.70. The highest BCUT2D eigenvalue weighted by Gasteiger charge is 2.48. The molecule has 16 heavy (non-hydrogen) atoms. The van der Waals surface area contributed by atoms with Crippen LogP contribution in [0.5, 0.6) is 0 Å². The normalized spacial score (nSPS) is 26.8. The van der Waals surface area contributed by atoms with Crippen LogP contribution in [0.4, 0.5) is 0 Å². The van der Waals surface area contributed by atoms with Crippen molar-refractivity contribution < 1.29 is 24.5 Å². The predicted octanol–water partition coefficient (Wildman–Crippen LogP) is 0.598. The number of Topliss-reactive ketones (excluding diaryl/α,β-unsaturated/α-hetero) is 1. The lowest BCUT2D eigenvalue weighted by Gasteiger charge is -2.33. The Morgan fingerprint density at radius 2 is 2.19 bits per heavy atom. The van der Waals surface area contributed by atoms with Crippen LogP contribution in [0.2, 0.25) is 0 Å². The van der Waals surface area contributed by atoms with Crippen molar-refractivity contribution in [2.24, 2.45) is 5.41 Å². The van der Waals surface area contributed by atoms with Crippen LogP contribution in [0.1, 0.15) is 33.1 Å². The molecule has 1 aliphatic rings. The zero-order valence-corrected chi connectivity index (χ0v) is 9.65. The number of ether oxygens (including phenoxy) is 1. The van der Waals surface area contributed by atoms with Crippen LogP contribution in [-0.4, -0.2) is 40.8 Å². The van der Waals surface area contributed by atoms with Crippen molar-refractivity contribution in [2.75, 3.05) is 13.2 Å². The predicted molar refractivity (Wildman–Crippen MR) is 56.0 cm³/mol. The van der Waals surface area contributed by atoms with Crippen LogP contribution < -0.4 is 0 Å². The Hall–Kier alpha value is -0.940. The lowest BCUT2D eigenvalue weighted by molar-refractivity contribution is -0.165. The molecule has 1 rings (SSSR count). The summed E-state index contributed by atoms with van der Waals surface area (Å²) in [6, 6.07) is 0. The zero-order valence-electron chi connectivity index (χ0n) is 9.65. The van der Waals surface area contributed by atoms with Crippen LogP contribution in [0.25, 0.3) is 0 Å². The number of hydrogen-bond donors (Lipinski definition) is 2. The molecule has 0 aromatic rings. The number of ketones is 1. The lowest BCUT2D eigenvalue weighted by Crippen LogP contribution is -2.48. The maximum Gasteiger partial charge on any atom is 0.319 e. The average molecular weight is 230 g/mol. The van der Waals surface area contributed by atoms with Gasteiger partial charge in [-0.15, -0.1) is 0 Å². The fourth-order valence-corrected chi connectivity index (χ4v) is 1.75. The van der Waals surface area contributed by atoms with Crippen LogP contribution in [-0.2, 0) is 14.3 Å². The van der Waals surface area contributed by atoms with Crippen molar-refractivity contribution in [1.29, 1.82) is 0 Å². The highest BCUT2D eigenvalue weighted by atomic mass is 16.5. The second kappa shape index (κ2) is 4.51. The summed E-state index contributed by atoms with van der Waals surface area (Å²) in [7, 11) is 0. The molecular weight excluding hydrogens is 212 g/mol. The largest absolute Gasteiger partial charge is 0.480 e. The minimum Gasteiger partial charge on any atom is -0.480 e. The topological polar surface area (TPSA) is 83.8 Å². The van der Waals surface area contributed by atoms with Crippen molar-refractivity contribution >= 4 is 11.8 Å². The van der Waals surface area contributed by atoms with Gasteiger partial charge in [-0.3, -0.25) is 9.59 Å². The lowest BCUT2D eigenvalue weighted by atomic mass is 9.75. The Balaban J connectivity index is 2.80. The van der Waals surface area contributed by atoms with Gasteiger partial charge in [0, 0.05) is 6.42 Å². The number of hydrogen-bond acceptors (Lipinski definition) is 4. The number of carbonyl (C=O) groups excluding carboxylic acids is 1. The Morgan fingerprint density at radius 1 is 1.56 bits per heavy atom. The molecule has 1 saturated heterocycles. The SMILES string of the molecule is CC(C)(O)CCC1(C(=O)O)COCCC1=O. The van der Waals surface area contributed by atoms with Gasteiger partial charge in [-0.25, -0.2) is 0 Å². The molecule has 1 fully saturated rings. The number of carbonyl (C=O) groups is 2. The summed E-state index contributed by atoms with van der Waals surface area (Å²) < 4.78 is 5.10. The van der Waals surface area contributed by atoms with E-state index in [0.717, 1.165) is 0 Å². The first kappa shape index (κ1) is 13.1. The maximum absolute atomic E-state index is 11.7. The molecule has 0 bridgehead atoms. The van der Waals surface area contributed by atoms with E-state index in [1.54, 1.807) is 13.8 Å². The molecule has 5 heteroatoms. The first-order valence-corrected chi connectivity index (χ1v) is 5.35. The smallest absolute Gasteiger partial charge is 0.319 e. The van der Waals surface area contributed by atoms with E-state index in [-0.39, 0.29) is 38.3 Å². The summed E-state index contributed by atoms with van der Waals surface area (Å²) in [5.74, 6) is -1.45. The molecule has 5 nitrogen and oxygen atoms in total. The summed E-state index contributed by atoms with van der Waals surface area (Å²) in [4.78, 5) is 23.0. The fourth-order valence-electron chi connectivity index (χ4n) is 1.75. The Labute approximate surface area is 94.4 Å². The number of aliphatic hydroxyl groups is 1. The van der Waals surface area contributed by atoms with Crippen molar-refractivity contribution in [3.05, 3.63) is 0 Å². The third-order valence-electron chi connectivity index (χ3n) is 2.93. The highest BCUT2D eigenvalue weighted by Crippen LogP contribution is 2.33. The molecule has 92 valence electrons. The third-order valence-corrected chi connectivity index (χ3v) is 2.93. The van der Waals surface area contributed by atoms with Crippen LogP contribution in [0.3, 0.4) is 0 Å². The summed E-state index contributed by atoms with van der Waals surface area (Å²) in [6.45, 7) is 3.39. The molecule has 0 aliphatic carbocycles. The Morgan fingerprint density at radius 3 is 2.62 bits per heavy atom. The second-order valence-corrected chi connectivity index (χ2v) is 4.93. The number of carboxylic acids is 1. The summed E-state index contributed by atoms with van der Waals surface area (Å²) in [6.07, 6.45) is 0.511. The molecule has 0 radical (unpaired) electrons. The summed E-state index contributed by atoms with van der Waals surface area (Å²) in [5.41, 5.74) is -2.43. The number of rotatable bonds is 4. The van der Waals surface area contributed by atoms with Crippen LogP contribution in [0, 0.1) is 5.41 Å². The molecule has 0 aromatic heterocycles. The van der Waals surface area contributed by atoms with Crippen molar-refractivity contribution in [3.63, 3.8) is 0 Å². The first-order valence-electron chi connectivity index (χ1n) is 5.35. The average Bonchev–Trinajstić information content (AvgIpc) is 2.15. The zero-order chi connectivity index (χ0) is 12.4.